The van der Waals surface area contributed by atoms with Gasteiger partial charge in [0.1, 0.15) is 5.50 Å². The molecule has 0 aromatic heterocycles. The van der Waals surface area contributed by atoms with E-state index in [4.69, 9.17) is 11.6 Å². The summed E-state index contributed by atoms with van der Waals surface area (Å²) < 4.78 is 38.0. The van der Waals surface area contributed by atoms with Gasteiger partial charge in [0.25, 0.3) is 11.4 Å². The average Bonchev–Trinajstić information content (AvgIpc) is 2.34. The minimum absolute atomic E-state index is 0.248. The highest BCUT2D eigenvalue weighted by Crippen LogP contribution is 2.43. The summed E-state index contributed by atoms with van der Waals surface area (Å²) >= 11 is 5.70. The number of benzene rings is 1. The maximum absolute atomic E-state index is 12.7. The Labute approximate surface area is 121 Å². The van der Waals surface area contributed by atoms with Crippen LogP contribution in [0, 0.1) is 20.2 Å². The van der Waals surface area contributed by atoms with Gasteiger partial charge < -0.3 is 4.90 Å². The molecule has 0 aliphatic rings. The Morgan fingerprint density at radius 1 is 1.19 bits per heavy atom. The topological polar surface area (TPSA) is 89.5 Å². The molecule has 0 heterocycles. The number of halogens is 4. The molecule has 1 aromatic rings. The number of nitro benzene ring substituents is 2. The van der Waals surface area contributed by atoms with Crippen molar-refractivity contribution in [1.29, 1.82) is 0 Å². The van der Waals surface area contributed by atoms with E-state index in [9.17, 15) is 33.4 Å². The fraction of sp³-hybridized carbons (Fsp3) is 0.400. The summed E-state index contributed by atoms with van der Waals surface area (Å²) in [4.78, 5) is 20.6. The molecular weight excluding hydrogens is 319 g/mol. The van der Waals surface area contributed by atoms with E-state index >= 15 is 0 Å². The lowest BCUT2D eigenvalue weighted by molar-refractivity contribution is -0.393. The lowest BCUT2D eigenvalue weighted by atomic mass is 10.1. The van der Waals surface area contributed by atoms with Gasteiger partial charge in [0.2, 0.25) is 0 Å². The maximum atomic E-state index is 12.7. The van der Waals surface area contributed by atoms with E-state index in [-0.39, 0.29) is 12.1 Å². The van der Waals surface area contributed by atoms with Crippen LogP contribution < -0.4 is 4.90 Å². The molecule has 0 radical (unpaired) electrons. The van der Waals surface area contributed by atoms with Gasteiger partial charge in [0, 0.05) is 19.2 Å². The first kappa shape index (κ1) is 17.0. The van der Waals surface area contributed by atoms with Crippen molar-refractivity contribution in [1.82, 2.24) is 0 Å². The fourth-order valence-electron chi connectivity index (χ4n) is 1.59. The quantitative estimate of drug-likeness (QED) is 0.365. The monoisotopic (exact) mass is 327 g/mol. The van der Waals surface area contributed by atoms with E-state index < -0.39 is 44.1 Å². The molecule has 0 spiro atoms. The smallest absolute Gasteiger partial charge is 0.347 e. The Balaban J connectivity index is 3.76. The van der Waals surface area contributed by atoms with Crippen LogP contribution in [0.25, 0.3) is 0 Å². The van der Waals surface area contributed by atoms with Crippen LogP contribution in [-0.4, -0.2) is 22.4 Å². The van der Waals surface area contributed by atoms with Gasteiger partial charge in [-0.3, -0.25) is 20.2 Å². The van der Waals surface area contributed by atoms with Gasteiger partial charge in [-0.05, 0) is 6.92 Å². The molecule has 1 atom stereocenters. The van der Waals surface area contributed by atoms with Crippen LogP contribution in [0.5, 0.6) is 0 Å². The van der Waals surface area contributed by atoms with Gasteiger partial charge >= 0.3 is 6.18 Å². The largest absolute Gasteiger partial charge is 0.416 e. The molecular formula is C10H9ClF3N3O4. The molecule has 1 rings (SSSR count). The molecule has 0 aliphatic heterocycles. The number of nitro groups is 2. The van der Waals surface area contributed by atoms with E-state index in [1.165, 1.54) is 14.0 Å². The Bertz CT molecular complexity index is 556. The Morgan fingerprint density at radius 2 is 1.57 bits per heavy atom. The van der Waals surface area contributed by atoms with Gasteiger partial charge in [-0.1, -0.05) is 11.6 Å². The molecule has 1 unspecified atom stereocenters. The van der Waals surface area contributed by atoms with Crippen molar-refractivity contribution in [2.75, 3.05) is 11.9 Å². The van der Waals surface area contributed by atoms with E-state index in [1.54, 1.807) is 0 Å². The predicted octanol–water partition coefficient (Wildman–Crippen LogP) is 3.54. The van der Waals surface area contributed by atoms with Crippen LogP contribution in [0.2, 0.25) is 0 Å². The molecule has 0 bridgehead atoms. The second-order valence-corrected chi connectivity index (χ2v) is 4.69. The number of rotatable bonds is 4. The standard InChI is InChI=1S/C10H9ClF3N3O4/c1-5(11)15(2)9-7(16(18)19)3-6(10(12,13)14)4-8(9)17(20)21/h3-5H,1-2H3. The van der Waals surface area contributed by atoms with Gasteiger partial charge in [-0.25, -0.2) is 0 Å². The van der Waals surface area contributed by atoms with Crippen LogP contribution in [0.4, 0.5) is 30.2 Å². The van der Waals surface area contributed by atoms with E-state index in [0.29, 0.717) is 0 Å². The third-order valence-corrected chi connectivity index (χ3v) is 2.97. The molecule has 1 aromatic carbocycles. The minimum Gasteiger partial charge on any atom is -0.347 e. The van der Waals surface area contributed by atoms with Gasteiger partial charge in [0.05, 0.1) is 15.4 Å². The third-order valence-electron chi connectivity index (χ3n) is 2.68. The summed E-state index contributed by atoms with van der Waals surface area (Å²) in [6.45, 7) is 1.37. The van der Waals surface area contributed by atoms with Gasteiger partial charge in [-0.2, -0.15) is 13.2 Å². The first-order chi connectivity index (χ1) is 9.46. The Morgan fingerprint density at radius 3 is 1.81 bits per heavy atom. The van der Waals surface area contributed by atoms with Crippen LogP contribution in [0.1, 0.15) is 12.5 Å². The van der Waals surface area contributed by atoms with Crippen molar-refractivity contribution in [3.8, 4) is 0 Å². The normalized spacial score (nSPS) is 12.9. The number of alkyl halides is 4. The van der Waals surface area contributed by atoms with Crippen LogP contribution in [-0.2, 0) is 6.18 Å². The molecule has 0 fully saturated rings. The zero-order valence-electron chi connectivity index (χ0n) is 10.7. The van der Waals surface area contributed by atoms with Crippen molar-refractivity contribution in [3.63, 3.8) is 0 Å². The molecule has 21 heavy (non-hydrogen) atoms. The molecule has 0 aliphatic carbocycles. The number of hydrogen-bond donors (Lipinski definition) is 0. The minimum atomic E-state index is -4.95. The summed E-state index contributed by atoms with van der Waals surface area (Å²) in [5.41, 5.74) is -5.03. The molecule has 0 saturated heterocycles. The Hall–Kier alpha value is -2.10. The lowest BCUT2D eigenvalue weighted by Crippen LogP contribution is -2.26. The summed E-state index contributed by atoms with van der Waals surface area (Å²) in [5.74, 6) is 0. The molecule has 11 heteroatoms. The van der Waals surface area contributed by atoms with Crippen LogP contribution in [0.3, 0.4) is 0 Å². The maximum Gasteiger partial charge on any atom is 0.416 e. The molecule has 7 nitrogen and oxygen atoms in total. The second-order valence-electron chi connectivity index (χ2n) is 4.06. The summed E-state index contributed by atoms with van der Waals surface area (Å²) in [5, 5.41) is 21.9. The highest BCUT2D eigenvalue weighted by Gasteiger charge is 2.39. The number of nitrogens with zero attached hydrogens (tertiary/aromatic N) is 3. The molecule has 116 valence electrons. The van der Waals surface area contributed by atoms with Crippen molar-refractivity contribution >= 4 is 28.7 Å². The summed E-state index contributed by atoms with van der Waals surface area (Å²) in [6, 6.07) is 0.496. The summed E-state index contributed by atoms with van der Waals surface area (Å²) in [7, 11) is 1.21. The molecule has 0 saturated carbocycles. The van der Waals surface area contributed by atoms with Crippen molar-refractivity contribution < 1.29 is 23.0 Å². The van der Waals surface area contributed by atoms with Crippen molar-refractivity contribution in [2.24, 2.45) is 0 Å². The van der Waals surface area contributed by atoms with Crippen molar-refractivity contribution in [3.05, 3.63) is 37.9 Å². The predicted molar refractivity (Wildman–Crippen MR) is 68.5 cm³/mol. The first-order valence-corrected chi connectivity index (χ1v) is 5.81. The highest BCUT2D eigenvalue weighted by molar-refractivity contribution is 6.21. The molecule has 0 N–H and O–H groups in total. The average molecular weight is 328 g/mol. The zero-order valence-corrected chi connectivity index (χ0v) is 11.5. The Kier molecular flexibility index (Phi) is 4.62. The van der Waals surface area contributed by atoms with Crippen molar-refractivity contribution in [2.45, 2.75) is 18.6 Å². The van der Waals surface area contributed by atoms with E-state index in [0.717, 1.165) is 4.90 Å². The second kappa shape index (κ2) is 5.72. The fourth-order valence-corrected chi connectivity index (χ4v) is 1.68. The number of hydrogen-bond acceptors (Lipinski definition) is 5. The van der Waals surface area contributed by atoms with Gasteiger partial charge in [0.15, 0.2) is 5.69 Å². The van der Waals surface area contributed by atoms with E-state index in [2.05, 4.69) is 0 Å². The highest BCUT2D eigenvalue weighted by atomic mass is 35.5. The van der Waals surface area contributed by atoms with Gasteiger partial charge in [-0.15, -0.1) is 0 Å². The SMILES string of the molecule is CC(Cl)N(C)c1c([N+](=O)[O-])cc(C(F)(F)F)cc1[N+](=O)[O-]. The van der Waals surface area contributed by atoms with Crippen LogP contribution in [0.15, 0.2) is 12.1 Å². The molecule has 0 amide bonds. The number of anilines is 1. The third kappa shape index (κ3) is 3.51. The zero-order chi connectivity index (χ0) is 16.5. The first-order valence-electron chi connectivity index (χ1n) is 5.37. The summed E-state index contributed by atoms with van der Waals surface area (Å²) in [6.07, 6.45) is -4.95. The van der Waals surface area contributed by atoms with E-state index in [1.807, 2.05) is 0 Å². The lowest BCUT2D eigenvalue weighted by Gasteiger charge is -2.22. The van der Waals surface area contributed by atoms with Crippen LogP contribution >= 0.6 is 11.6 Å².